The summed E-state index contributed by atoms with van der Waals surface area (Å²) >= 11 is 0. The molecule has 1 unspecified atom stereocenters. The Bertz CT molecular complexity index is 608. The van der Waals surface area contributed by atoms with Gasteiger partial charge in [-0.1, -0.05) is 43.2 Å². The highest BCUT2D eigenvalue weighted by atomic mass is 32.2. The predicted molar refractivity (Wildman–Crippen MR) is 91.5 cm³/mol. The van der Waals surface area contributed by atoms with Crippen molar-refractivity contribution in [2.75, 3.05) is 25.9 Å². The zero-order chi connectivity index (χ0) is 16.9. The molecule has 0 radical (unpaired) electrons. The van der Waals surface area contributed by atoms with Gasteiger partial charge in [-0.25, -0.2) is 8.42 Å². The van der Waals surface area contributed by atoms with Gasteiger partial charge in [0.05, 0.1) is 12.8 Å². The van der Waals surface area contributed by atoms with E-state index in [2.05, 4.69) is 0 Å². The molecular weight excluding hydrogens is 312 g/mol. The summed E-state index contributed by atoms with van der Waals surface area (Å²) in [5.41, 5.74) is 0.890. The maximum Gasteiger partial charge on any atom is 0.237 e. The Labute approximate surface area is 139 Å². The zero-order valence-electron chi connectivity index (χ0n) is 13.9. The standard InChI is InChI=1S/C17H26N2O3S/c1-15(16-10-6-5-7-11-16)19(23(2,21)22)14-17(20)18-12-8-3-4-9-13-18/h5-7,10-11,15H,3-4,8-9,12-14H2,1-2H3. The van der Waals surface area contributed by atoms with Crippen molar-refractivity contribution in [2.24, 2.45) is 0 Å². The largest absolute Gasteiger partial charge is 0.342 e. The lowest BCUT2D eigenvalue weighted by Crippen LogP contribution is -2.43. The molecule has 0 N–H and O–H groups in total. The molecule has 1 aromatic rings. The van der Waals surface area contributed by atoms with Gasteiger partial charge in [-0.15, -0.1) is 0 Å². The average molecular weight is 338 g/mol. The molecule has 1 fully saturated rings. The molecule has 1 aromatic carbocycles. The van der Waals surface area contributed by atoms with E-state index in [1.165, 1.54) is 10.6 Å². The number of hydrogen-bond donors (Lipinski definition) is 0. The molecular formula is C17H26N2O3S. The summed E-state index contributed by atoms with van der Waals surface area (Å²) in [5, 5.41) is 0. The van der Waals surface area contributed by atoms with Crippen LogP contribution in [0.1, 0.15) is 44.2 Å². The van der Waals surface area contributed by atoms with Crippen LogP contribution in [0.4, 0.5) is 0 Å². The quantitative estimate of drug-likeness (QED) is 0.828. The molecule has 1 amide bonds. The van der Waals surface area contributed by atoms with Crippen LogP contribution in [-0.4, -0.2) is 49.4 Å². The minimum Gasteiger partial charge on any atom is -0.342 e. The maximum absolute atomic E-state index is 12.6. The Kier molecular flexibility index (Phi) is 6.18. The Hall–Kier alpha value is -1.40. The van der Waals surface area contributed by atoms with Crippen LogP contribution >= 0.6 is 0 Å². The third kappa shape index (κ3) is 5.04. The van der Waals surface area contributed by atoms with Crippen molar-refractivity contribution in [3.05, 3.63) is 35.9 Å². The number of sulfonamides is 1. The Morgan fingerprint density at radius 2 is 1.70 bits per heavy atom. The molecule has 1 atom stereocenters. The van der Waals surface area contributed by atoms with E-state index in [4.69, 9.17) is 0 Å². The first-order valence-electron chi connectivity index (χ1n) is 8.19. The summed E-state index contributed by atoms with van der Waals surface area (Å²) in [6, 6.07) is 9.07. The summed E-state index contributed by atoms with van der Waals surface area (Å²) in [4.78, 5) is 14.4. The van der Waals surface area contributed by atoms with Gasteiger partial charge >= 0.3 is 0 Å². The maximum atomic E-state index is 12.6. The molecule has 0 bridgehead atoms. The van der Waals surface area contributed by atoms with E-state index in [1.807, 2.05) is 42.2 Å². The summed E-state index contributed by atoms with van der Waals surface area (Å²) in [7, 11) is -3.47. The average Bonchev–Trinajstić information content (AvgIpc) is 2.81. The molecule has 1 aliphatic heterocycles. The highest BCUT2D eigenvalue weighted by molar-refractivity contribution is 7.88. The van der Waals surface area contributed by atoms with Gasteiger partial charge in [0.15, 0.2) is 0 Å². The van der Waals surface area contributed by atoms with E-state index < -0.39 is 10.0 Å². The van der Waals surface area contributed by atoms with E-state index in [0.29, 0.717) is 0 Å². The number of amides is 1. The van der Waals surface area contributed by atoms with Gasteiger partial charge in [0.2, 0.25) is 15.9 Å². The third-order valence-corrected chi connectivity index (χ3v) is 5.69. The Balaban J connectivity index is 2.14. The monoisotopic (exact) mass is 338 g/mol. The van der Waals surface area contributed by atoms with E-state index in [0.717, 1.165) is 44.3 Å². The first-order chi connectivity index (χ1) is 10.9. The molecule has 1 heterocycles. The van der Waals surface area contributed by atoms with E-state index in [-0.39, 0.29) is 18.5 Å². The van der Waals surface area contributed by atoms with Crippen molar-refractivity contribution in [1.82, 2.24) is 9.21 Å². The normalized spacial score (nSPS) is 17.8. The van der Waals surface area contributed by atoms with Crippen LogP contribution in [0, 0.1) is 0 Å². The second kappa shape index (κ2) is 7.93. The molecule has 23 heavy (non-hydrogen) atoms. The van der Waals surface area contributed by atoms with Gasteiger partial charge in [0.1, 0.15) is 0 Å². The number of likely N-dealkylation sites (tertiary alicyclic amines) is 1. The molecule has 0 aromatic heterocycles. The van der Waals surface area contributed by atoms with Crippen molar-refractivity contribution >= 4 is 15.9 Å². The van der Waals surface area contributed by atoms with Gasteiger partial charge in [-0.3, -0.25) is 4.79 Å². The first-order valence-corrected chi connectivity index (χ1v) is 10.0. The highest BCUT2D eigenvalue weighted by Crippen LogP contribution is 2.23. The number of benzene rings is 1. The van der Waals surface area contributed by atoms with Crippen LogP contribution in [-0.2, 0) is 14.8 Å². The molecule has 0 aliphatic carbocycles. The fourth-order valence-electron chi connectivity index (χ4n) is 2.99. The molecule has 0 spiro atoms. The molecule has 2 rings (SSSR count). The second-order valence-electron chi connectivity index (χ2n) is 6.19. The van der Waals surface area contributed by atoms with Crippen LogP contribution in [0.15, 0.2) is 30.3 Å². The number of carbonyl (C=O) groups excluding carboxylic acids is 1. The van der Waals surface area contributed by atoms with Crippen LogP contribution in [0.2, 0.25) is 0 Å². The van der Waals surface area contributed by atoms with Crippen LogP contribution in [0.25, 0.3) is 0 Å². The lowest BCUT2D eigenvalue weighted by molar-refractivity contribution is -0.131. The fraction of sp³-hybridized carbons (Fsp3) is 0.588. The number of hydrogen-bond acceptors (Lipinski definition) is 3. The van der Waals surface area contributed by atoms with Crippen molar-refractivity contribution in [3.8, 4) is 0 Å². The van der Waals surface area contributed by atoms with Crippen molar-refractivity contribution < 1.29 is 13.2 Å². The molecule has 6 heteroatoms. The van der Waals surface area contributed by atoms with E-state index >= 15 is 0 Å². The molecule has 128 valence electrons. The minimum atomic E-state index is -3.47. The Morgan fingerprint density at radius 1 is 1.13 bits per heavy atom. The van der Waals surface area contributed by atoms with Crippen LogP contribution in [0.5, 0.6) is 0 Å². The first kappa shape index (κ1) is 17.9. The van der Waals surface area contributed by atoms with Gasteiger partial charge < -0.3 is 4.90 Å². The van der Waals surface area contributed by atoms with Crippen LogP contribution in [0.3, 0.4) is 0 Å². The third-order valence-electron chi connectivity index (χ3n) is 4.39. The topological polar surface area (TPSA) is 57.7 Å². The van der Waals surface area contributed by atoms with Gasteiger partial charge in [-0.2, -0.15) is 4.31 Å². The lowest BCUT2D eigenvalue weighted by Gasteiger charge is -2.29. The van der Waals surface area contributed by atoms with Crippen molar-refractivity contribution in [3.63, 3.8) is 0 Å². The van der Waals surface area contributed by atoms with Crippen molar-refractivity contribution in [1.29, 1.82) is 0 Å². The van der Waals surface area contributed by atoms with Crippen molar-refractivity contribution in [2.45, 2.75) is 38.6 Å². The summed E-state index contributed by atoms with van der Waals surface area (Å²) in [6.45, 7) is 3.20. The molecule has 5 nitrogen and oxygen atoms in total. The highest BCUT2D eigenvalue weighted by Gasteiger charge is 2.29. The van der Waals surface area contributed by atoms with Crippen LogP contribution < -0.4 is 0 Å². The summed E-state index contributed by atoms with van der Waals surface area (Å²) < 4.78 is 25.7. The minimum absolute atomic E-state index is 0.0884. The second-order valence-corrected chi connectivity index (χ2v) is 8.12. The Morgan fingerprint density at radius 3 is 2.22 bits per heavy atom. The smallest absolute Gasteiger partial charge is 0.237 e. The van der Waals surface area contributed by atoms with Gasteiger partial charge in [0.25, 0.3) is 0 Å². The SMILES string of the molecule is CC(c1ccccc1)N(CC(=O)N1CCCCCC1)S(C)(=O)=O. The number of rotatable bonds is 5. The molecule has 1 saturated heterocycles. The van der Waals surface area contributed by atoms with E-state index in [9.17, 15) is 13.2 Å². The zero-order valence-corrected chi connectivity index (χ0v) is 14.8. The predicted octanol–water partition coefficient (Wildman–Crippen LogP) is 2.41. The summed E-state index contributed by atoms with van der Waals surface area (Å²) in [6.07, 6.45) is 5.44. The lowest BCUT2D eigenvalue weighted by atomic mass is 10.1. The van der Waals surface area contributed by atoms with Gasteiger partial charge in [0, 0.05) is 19.1 Å². The van der Waals surface area contributed by atoms with Gasteiger partial charge in [-0.05, 0) is 25.3 Å². The number of carbonyl (C=O) groups is 1. The van der Waals surface area contributed by atoms with E-state index in [1.54, 1.807) is 0 Å². The fourth-order valence-corrected chi connectivity index (χ4v) is 4.03. The molecule has 1 aliphatic rings. The number of nitrogens with zero attached hydrogens (tertiary/aromatic N) is 2. The molecule has 0 saturated carbocycles. The summed E-state index contributed by atoms with van der Waals surface area (Å²) in [5.74, 6) is -0.0971.